The molecule has 0 saturated heterocycles. The van der Waals surface area contributed by atoms with Crippen LogP contribution in [0.15, 0.2) is 42.5 Å². The molecule has 1 atom stereocenters. The summed E-state index contributed by atoms with van der Waals surface area (Å²) >= 11 is 0. The van der Waals surface area contributed by atoms with Gasteiger partial charge in [0.05, 0.1) is 6.10 Å². The molecule has 1 heteroatoms. The lowest BCUT2D eigenvalue weighted by Gasteiger charge is -2.07. The van der Waals surface area contributed by atoms with Gasteiger partial charge in [0.2, 0.25) is 0 Å². The molecule has 0 amide bonds. The highest BCUT2D eigenvalue weighted by molar-refractivity contribution is 5.15. The van der Waals surface area contributed by atoms with Crippen molar-refractivity contribution in [2.75, 3.05) is 0 Å². The van der Waals surface area contributed by atoms with Crippen LogP contribution in [0.5, 0.6) is 0 Å². The molecule has 0 aromatic heterocycles. The van der Waals surface area contributed by atoms with E-state index >= 15 is 0 Å². The van der Waals surface area contributed by atoms with Gasteiger partial charge in [-0.15, -0.1) is 0 Å². The van der Waals surface area contributed by atoms with Gasteiger partial charge in [0, 0.05) is 0 Å². The second-order valence-corrected chi connectivity index (χ2v) is 5.02. The molecular weight excluding hydrogens is 208 g/mol. The fraction of sp³-hybridized carbons (Fsp3) is 0.500. The van der Waals surface area contributed by atoms with Gasteiger partial charge in [0.1, 0.15) is 0 Å². The van der Waals surface area contributed by atoms with Crippen LogP contribution in [-0.2, 0) is 6.42 Å². The standard InChI is InChI=1S/C16H22O/c17-16(13-11-15-8-4-5-9-15)12-10-14-6-2-1-3-7-14/h1-3,6-7,11,13,15-17H,4-5,8-10,12H2. The Bertz CT molecular complexity index is 336. The molecule has 1 nitrogen and oxygen atoms in total. The zero-order valence-corrected chi connectivity index (χ0v) is 10.4. The zero-order valence-electron chi connectivity index (χ0n) is 10.4. The van der Waals surface area contributed by atoms with Crippen LogP contribution in [0.3, 0.4) is 0 Å². The Labute approximate surface area is 104 Å². The van der Waals surface area contributed by atoms with Crippen LogP contribution in [0.1, 0.15) is 37.7 Å². The molecule has 17 heavy (non-hydrogen) atoms. The lowest BCUT2D eigenvalue weighted by atomic mass is 10.0. The molecule has 92 valence electrons. The largest absolute Gasteiger partial charge is 0.389 e. The van der Waals surface area contributed by atoms with E-state index in [1.54, 1.807) is 0 Å². The fourth-order valence-electron chi connectivity index (χ4n) is 2.49. The van der Waals surface area contributed by atoms with Crippen molar-refractivity contribution >= 4 is 0 Å². The van der Waals surface area contributed by atoms with Crippen molar-refractivity contribution in [1.82, 2.24) is 0 Å². The Balaban J connectivity index is 1.71. The number of aliphatic hydroxyl groups is 1. The molecule has 1 aliphatic carbocycles. The molecular formula is C16H22O. The van der Waals surface area contributed by atoms with Crippen molar-refractivity contribution in [2.24, 2.45) is 5.92 Å². The number of aryl methyl sites for hydroxylation is 1. The second kappa shape index (κ2) is 6.61. The molecule has 0 aliphatic heterocycles. The highest BCUT2D eigenvalue weighted by atomic mass is 16.3. The Morgan fingerprint density at radius 3 is 2.59 bits per heavy atom. The summed E-state index contributed by atoms with van der Waals surface area (Å²) in [5.41, 5.74) is 1.31. The maximum atomic E-state index is 9.88. The first-order valence-corrected chi connectivity index (χ1v) is 6.75. The predicted molar refractivity (Wildman–Crippen MR) is 71.9 cm³/mol. The normalized spacial score (nSPS) is 18.9. The van der Waals surface area contributed by atoms with Gasteiger partial charge in [-0.2, -0.15) is 0 Å². The number of allylic oxidation sites excluding steroid dienone is 1. The number of aliphatic hydroxyl groups excluding tert-OH is 1. The maximum Gasteiger partial charge on any atom is 0.0724 e. The van der Waals surface area contributed by atoms with E-state index < -0.39 is 0 Å². The smallest absolute Gasteiger partial charge is 0.0724 e. The van der Waals surface area contributed by atoms with E-state index in [-0.39, 0.29) is 6.10 Å². The van der Waals surface area contributed by atoms with Gasteiger partial charge < -0.3 is 5.11 Å². The summed E-state index contributed by atoms with van der Waals surface area (Å²) in [5.74, 6) is 0.723. The van der Waals surface area contributed by atoms with Crippen molar-refractivity contribution < 1.29 is 5.11 Å². The summed E-state index contributed by atoms with van der Waals surface area (Å²) in [5, 5.41) is 9.88. The number of benzene rings is 1. The van der Waals surface area contributed by atoms with E-state index in [1.165, 1.54) is 31.2 Å². The van der Waals surface area contributed by atoms with Crippen LogP contribution in [0.2, 0.25) is 0 Å². The Morgan fingerprint density at radius 1 is 1.18 bits per heavy atom. The second-order valence-electron chi connectivity index (χ2n) is 5.02. The van der Waals surface area contributed by atoms with Crippen LogP contribution in [0.4, 0.5) is 0 Å². The van der Waals surface area contributed by atoms with Gasteiger partial charge in [0.15, 0.2) is 0 Å². The average Bonchev–Trinajstić information content (AvgIpc) is 2.88. The molecule has 1 aliphatic rings. The molecule has 1 aromatic carbocycles. The molecule has 0 radical (unpaired) electrons. The monoisotopic (exact) mass is 230 g/mol. The first-order chi connectivity index (χ1) is 8.34. The summed E-state index contributed by atoms with van der Waals surface area (Å²) in [6.07, 6.45) is 11.1. The predicted octanol–water partition coefficient (Wildman–Crippen LogP) is 3.73. The third-order valence-corrected chi connectivity index (χ3v) is 3.58. The topological polar surface area (TPSA) is 20.2 Å². The summed E-state index contributed by atoms with van der Waals surface area (Å²) in [6.45, 7) is 0. The Morgan fingerprint density at radius 2 is 1.88 bits per heavy atom. The molecule has 1 fully saturated rings. The third-order valence-electron chi connectivity index (χ3n) is 3.58. The van der Waals surface area contributed by atoms with Crippen LogP contribution < -0.4 is 0 Å². The molecule has 1 aromatic rings. The summed E-state index contributed by atoms with van der Waals surface area (Å²) in [4.78, 5) is 0. The zero-order chi connectivity index (χ0) is 11.9. The van der Waals surface area contributed by atoms with Gasteiger partial charge in [-0.1, -0.05) is 55.3 Å². The van der Waals surface area contributed by atoms with Crippen LogP contribution in [0, 0.1) is 5.92 Å². The molecule has 1 unspecified atom stereocenters. The highest BCUT2D eigenvalue weighted by Crippen LogP contribution is 2.25. The molecule has 0 spiro atoms. The summed E-state index contributed by atoms with van der Waals surface area (Å²) in [6, 6.07) is 10.4. The lowest BCUT2D eigenvalue weighted by molar-refractivity contribution is 0.212. The highest BCUT2D eigenvalue weighted by Gasteiger charge is 2.11. The minimum absolute atomic E-state index is 0.282. The summed E-state index contributed by atoms with van der Waals surface area (Å²) < 4.78 is 0. The minimum Gasteiger partial charge on any atom is -0.389 e. The SMILES string of the molecule is OC(C=CC1CCCC1)CCc1ccccc1. The van der Waals surface area contributed by atoms with Gasteiger partial charge in [0.25, 0.3) is 0 Å². The van der Waals surface area contributed by atoms with Crippen molar-refractivity contribution in [1.29, 1.82) is 0 Å². The maximum absolute atomic E-state index is 9.88. The first-order valence-electron chi connectivity index (χ1n) is 6.75. The average molecular weight is 230 g/mol. The van der Waals surface area contributed by atoms with Gasteiger partial charge in [-0.3, -0.25) is 0 Å². The number of hydrogen-bond acceptors (Lipinski definition) is 1. The van der Waals surface area contributed by atoms with Crippen molar-refractivity contribution in [3.05, 3.63) is 48.0 Å². The van der Waals surface area contributed by atoms with E-state index in [0.29, 0.717) is 0 Å². The van der Waals surface area contributed by atoms with Crippen LogP contribution in [0.25, 0.3) is 0 Å². The molecule has 1 saturated carbocycles. The van der Waals surface area contributed by atoms with Crippen LogP contribution >= 0.6 is 0 Å². The quantitative estimate of drug-likeness (QED) is 0.764. The van der Waals surface area contributed by atoms with E-state index in [9.17, 15) is 5.11 Å². The minimum atomic E-state index is -0.282. The van der Waals surface area contributed by atoms with E-state index in [4.69, 9.17) is 0 Å². The van der Waals surface area contributed by atoms with Gasteiger partial charge in [-0.25, -0.2) is 0 Å². The van der Waals surface area contributed by atoms with E-state index in [2.05, 4.69) is 30.3 Å². The van der Waals surface area contributed by atoms with Gasteiger partial charge in [-0.05, 0) is 37.2 Å². The van der Waals surface area contributed by atoms with E-state index in [1.807, 2.05) is 12.1 Å². The van der Waals surface area contributed by atoms with E-state index in [0.717, 1.165) is 18.8 Å². The van der Waals surface area contributed by atoms with Crippen molar-refractivity contribution in [2.45, 2.75) is 44.6 Å². The van der Waals surface area contributed by atoms with Crippen LogP contribution in [-0.4, -0.2) is 11.2 Å². The third kappa shape index (κ3) is 4.35. The van der Waals surface area contributed by atoms with Gasteiger partial charge >= 0.3 is 0 Å². The molecule has 0 heterocycles. The Hall–Kier alpha value is -1.08. The Kier molecular flexibility index (Phi) is 4.81. The molecule has 2 rings (SSSR count). The lowest BCUT2D eigenvalue weighted by Crippen LogP contribution is -2.04. The summed E-state index contributed by atoms with van der Waals surface area (Å²) in [7, 11) is 0. The first kappa shape index (κ1) is 12.4. The molecule has 1 N–H and O–H groups in total. The number of hydrogen-bond donors (Lipinski definition) is 1. The van der Waals surface area contributed by atoms with Crippen molar-refractivity contribution in [3.8, 4) is 0 Å². The fourth-order valence-corrected chi connectivity index (χ4v) is 2.49. The molecule has 0 bridgehead atoms. The van der Waals surface area contributed by atoms with Crippen molar-refractivity contribution in [3.63, 3.8) is 0 Å². The number of rotatable bonds is 5.